The average Bonchev–Trinajstić information content (AvgIpc) is 3.35. The molecule has 1 saturated carbocycles. The maximum absolute atomic E-state index is 12.0. The molecule has 2 aromatic rings. The van der Waals surface area contributed by atoms with E-state index in [1.54, 1.807) is 12.3 Å². The number of rotatable bonds is 6. The molecule has 136 valence electrons. The third kappa shape index (κ3) is 3.96. The van der Waals surface area contributed by atoms with Gasteiger partial charge in [0.05, 0.1) is 5.56 Å². The molecule has 6 heteroatoms. The second-order valence-corrected chi connectivity index (χ2v) is 7.09. The lowest BCUT2D eigenvalue weighted by Crippen LogP contribution is -2.32. The van der Waals surface area contributed by atoms with Gasteiger partial charge in [-0.05, 0) is 37.5 Å². The van der Waals surface area contributed by atoms with E-state index < -0.39 is 0 Å². The van der Waals surface area contributed by atoms with Gasteiger partial charge in [-0.3, -0.25) is 4.79 Å². The summed E-state index contributed by atoms with van der Waals surface area (Å²) in [7, 11) is 0. The molecule has 1 aliphatic heterocycles. The van der Waals surface area contributed by atoms with E-state index >= 15 is 0 Å². The zero-order chi connectivity index (χ0) is 17.9. The molecule has 1 amide bonds. The monoisotopic (exact) mass is 352 g/mol. The largest absolute Gasteiger partial charge is 0.508 e. The van der Waals surface area contributed by atoms with E-state index in [2.05, 4.69) is 20.5 Å². The van der Waals surface area contributed by atoms with E-state index in [1.807, 2.05) is 30.3 Å². The summed E-state index contributed by atoms with van der Waals surface area (Å²) in [5.74, 6) is 1.20. The predicted molar refractivity (Wildman–Crippen MR) is 100 cm³/mol. The molecule has 1 aromatic carbocycles. The topological polar surface area (TPSA) is 77.5 Å². The second kappa shape index (κ2) is 7.33. The van der Waals surface area contributed by atoms with Crippen LogP contribution in [0.3, 0.4) is 0 Å². The molecule has 1 saturated heterocycles. The van der Waals surface area contributed by atoms with E-state index in [9.17, 15) is 9.90 Å². The first-order chi connectivity index (χ1) is 12.7. The van der Waals surface area contributed by atoms with Crippen molar-refractivity contribution in [2.24, 2.45) is 0 Å². The number of anilines is 1. The minimum absolute atomic E-state index is 0.0322. The maximum atomic E-state index is 12.0. The quantitative estimate of drug-likeness (QED) is 0.742. The van der Waals surface area contributed by atoms with Crippen LogP contribution in [0, 0.1) is 0 Å². The van der Waals surface area contributed by atoms with E-state index in [-0.39, 0.29) is 5.91 Å². The zero-order valence-electron chi connectivity index (χ0n) is 14.7. The van der Waals surface area contributed by atoms with Crippen molar-refractivity contribution in [2.75, 3.05) is 18.0 Å². The number of amides is 1. The lowest BCUT2D eigenvalue weighted by Gasteiger charge is -2.18. The standard InChI is InChI=1S/C20H24N4O2/c25-18-4-2-1-3-14(18)11-21-17-9-10-24(13-17)19-8-5-15(12-22-19)20(26)23-16-6-7-16/h1-5,8,12,16-17,21,25H,6-7,9-11,13H2,(H,23,26)/t17-/m0/s1. The third-order valence-corrected chi connectivity index (χ3v) is 5.01. The number of aromatic nitrogens is 1. The number of hydrogen-bond donors (Lipinski definition) is 3. The van der Waals surface area contributed by atoms with Crippen LogP contribution in [0.4, 0.5) is 5.82 Å². The highest BCUT2D eigenvalue weighted by Crippen LogP contribution is 2.21. The van der Waals surface area contributed by atoms with E-state index in [0.717, 1.165) is 43.7 Å². The molecule has 0 unspecified atom stereocenters. The van der Waals surface area contributed by atoms with Crippen molar-refractivity contribution in [1.82, 2.24) is 15.6 Å². The number of phenols is 1. The van der Waals surface area contributed by atoms with Gasteiger partial charge in [0.2, 0.25) is 0 Å². The van der Waals surface area contributed by atoms with Gasteiger partial charge in [0, 0.05) is 43.5 Å². The molecule has 2 aliphatic rings. The van der Waals surface area contributed by atoms with Gasteiger partial charge in [0.25, 0.3) is 5.91 Å². The minimum atomic E-state index is -0.0322. The number of carbonyl (C=O) groups excluding carboxylic acids is 1. The van der Waals surface area contributed by atoms with Crippen molar-refractivity contribution in [3.8, 4) is 5.75 Å². The van der Waals surface area contributed by atoms with Crippen molar-refractivity contribution in [2.45, 2.75) is 37.9 Å². The first-order valence-corrected chi connectivity index (χ1v) is 9.21. The van der Waals surface area contributed by atoms with E-state index in [4.69, 9.17) is 0 Å². The Balaban J connectivity index is 1.30. The van der Waals surface area contributed by atoms with Gasteiger partial charge in [-0.2, -0.15) is 0 Å². The molecule has 26 heavy (non-hydrogen) atoms. The van der Waals surface area contributed by atoms with Crippen LogP contribution in [0.1, 0.15) is 35.2 Å². The van der Waals surface area contributed by atoms with Crippen molar-refractivity contribution in [1.29, 1.82) is 0 Å². The Morgan fingerprint density at radius 2 is 2.00 bits per heavy atom. The predicted octanol–water partition coefficient (Wildman–Crippen LogP) is 2.05. The summed E-state index contributed by atoms with van der Waals surface area (Å²) < 4.78 is 0. The molecular weight excluding hydrogens is 328 g/mol. The van der Waals surface area contributed by atoms with Crippen LogP contribution >= 0.6 is 0 Å². The van der Waals surface area contributed by atoms with Gasteiger partial charge < -0.3 is 20.6 Å². The summed E-state index contributed by atoms with van der Waals surface area (Å²) in [5.41, 5.74) is 1.53. The van der Waals surface area contributed by atoms with Crippen LogP contribution in [-0.4, -0.2) is 41.2 Å². The highest BCUT2D eigenvalue weighted by atomic mass is 16.3. The van der Waals surface area contributed by atoms with Crippen LogP contribution in [0.5, 0.6) is 5.75 Å². The number of carbonyl (C=O) groups is 1. The Morgan fingerprint density at radius 1 is 1.15 bits per heavy atom. The number of aromatic hydroxyl groups is 1. The average molecular weight is 352 g/mol. The number of hydrogen-bond acceptors (Lipinski definition) is 5. The molecular formula is C20H24N4O2. The van der Waals surface area contributed by atoms with Gasteiger partial charge in [-0.25, -0.2) is 4.98 Å². The fourth-order valence-electron chi connectivity index (χ4n) is 3.25. The van der Waals surface area contributed by atoms with Crippen LogP contribution in [0.2, 0.25) is 0 Å². The number of benzene rings is 1. The molecule has 3 N–H and O–H groups in total. The van der Waals surface area contributed by atoms with Crippen molar-refractivity contribution < 1.29 is 9.90 Å². The van der Waals surface area contributed by atoms with E-state index in [1.165, 1.54) is 0 Å². The molecule has 1 aromatic heterocycles. The van der Waals surface area contributed by atoms with Crippen molar-refractivity contribution >= 4 is 11.7 Å². The van der Waals surface area contributed by atoms with Gasteiger partial charge >= 0.3 is 0 Å². The number of pyridine rings is 1. The minimum Gasteiger partial charge on any atom is -0.508 e. The lowest BCUT2D eigenvalue weighted by molar-refractivity contribution is 0.0950. The fraction of sp³-hybridized carbons (Fsp3) is 0.400. The summed E-state index contributed by atoms with van der Waals surface area (Å²) in [6.45, 7) is 2.45. The first-order valence-electron chi connectivity index (χ1n) is 9.21. The summed E-state index contributed by atoms with van der Waals surface area (Å²) in [4.78, 5) is 18.7. The van der Waals surface area contributed by atoms with Gasteiger partial charge in [-0.15, -0.1) is 0 Å². The Hall–Kier alpha value is -2.60. The maximum Gasteiger partial charge on any atom is 0.253 e. The highest BCUT2D eigenvalue weighted by molar-refractivity contribution is 5.94. The SMILES string of the molecule is O=C(NC1CC1)c1ccc(N2CC[C@H](NCc3ccccc3O)C2)nc1. The normalized spacial score (nSPS) is 19.5. The highest BCUT2D eigenvalue weighted by Gasteiger charge is 2.25. The van der Waals surface area contributed by atoms with Crippen molar-refractivity contribution in [3.05, 3.63) is 53.7 Å². The second-order valence-electron chi connectivity index (χ2n) is 7.09. The first kappa shape index (κ1) is 16.8. The molecule has 0 bridgehead atoms. The summed E-state index contributed by atoms with van der Waals surface area (Å²) in [6.07, 6.45) is 4.86. The summed E-state index contributed by atoms with van der Waals surface area (Å²) in [6, 6.07) is 11.9. The Bertz CT molecular complexity index is 774. The van der Waals surface area contributed by atoms with Crippen LogP contribution < -0.4 is 15.5 Å². The summed E-state index contributed by atoms with van der Waals surface area (Å²) >= 11 is 0. The summed E-state index contributed by atoms with van der Waals surface area (Å²) in [5, 5.41) is 16.3. The Morgan fingerprint density at radius 3 is 2.73 bits per heavy atom. The van der Waals surface area contributed by atoms with E-state index in [0.29, 0.717) is 29.9 Å². The smallest absolute Gasteiger partial charge is 0.253 e. The molecule has 2 heterocycles. The van der Waals surface area contributed by atoms with Gasteiger partial charge in [0.1, 0.15) is 11.6 Å². The van der Waals surface area contributed by atoms with Crippen LogP contribution in [0.15, 0.2) is 42.6 Å². The zero-order valence-corrected chi connectivity index (χ0v) is 14.7. The van der Waals surface area contributed by atoms with Gasteiger partial charge in [-0.1, -0.05) is 18.2 Å². The van der Waals surface area contributed by atoms with Crippen LogP contribution in [-0.2, 0) is 6.54 Å². The molecule has 6 nitrogen and oxygen atoms in total. The molecule has 0 radical (unpaired) electrons. The lowest BCUT2D eigenvalue weighted by atomic mass is 10.2. The van der Waals surface area contributed by atoms with Crippen molar-refractivity contribution in [3.63, 3.8) is 0 Å². The van der Waals surface area contributed by atoms with Crippen LogP contribution in [0.25, 0.3) is 0 Å². The number of nitrogens with zero attached hydrogens (tertiary/aromatic N) is 2. The Labute approximate surface area is 153 Å². The molecule has 0 spiro atoms. The molecule has 1 atom stereocenters. The molecule has 4 rings (SSSR count). The van der Waals surface area contributed by atoms with Gasteiger partial charge in [0.15, 0.2) is 0 Å². The molecule has 2 fully saturated rings. The number of phenolic OH excluding ortho intramolecular Hbond substituents is 1. The fourth-order valence-corrected chi connectivity index (χ4v) is 3.25. The number of nitrogens with one attached hydrogen (secondary N) is 2. The molecule has 1 aliphatic carbocycles. The number of para-hydroxylation sites is 1. The Kier molecular flexibility index (Phi) is 4.75. The third-order valence-electron chi connectivity index (χ3n) is 5.01.